The Labute approximate surface area is 152 Å². The minimum Gasteiger partial charge on any atom is -0.321 e. The molecule has 0 aliphatic carbocycles. The van der Waals surface area contributed by atoms with Crippen LogP contribution >= 0.6 is 23.4 Å². The highest BCUT2D eigenvalue weighted by molar-refractivity contribution is 7.99. The number of sulfonamides is 1. The van der Waals surface area contributed by atoms with Crippen LogP contribution in [0.5, 0.6) is 0 Å². The fourth-order valence-electron chi connectivity index (χ4n) is 2.45. The monoisotopic (exact) mass is 387 g/mol. The van der Waals surface area contributed by atoms with Crippen molar-refractivity contribution in [2.24, 2.45) is 0 Å². The van der Waals surface area contributed by atoms with Gasteiger partial charge in [-0.25, -0.2) is 18.1 Å². The average molecular weight is 388 g/mol. The molecule has 0 spiro atoms. The van der Waals surface area contributed by atoms with Gasteiger partial charge in [-0.15, -0.1) is 0 Å². The summed E-state index contributed by atoms with van der Waals surface area (Å²) in [5, 5.41) is 1.68. The van der Waals surface area contributed by atoms with E-state index < -0.39 is 10.0 Å². The summed E-state index contributed by atoms with van der Waals surface area (Å²) in [4.78, 5) is 5.69. The van der Waals surface area contributed by atoms with Crippen LogP contribution in [0.4, 0.5) is 0 Å². The number of benzene rings is 1. The summed E-state index contributed by atoms with van der Waals surface area (Å²) in [5.74, 6) is 1.09. The number of fused-ring (bicyclic) bond motifs is 1. The van der Waals surface area contributed by atoms with Crippen molar-refractivity contribution in [3.63, 3.8) is 0 Å². The molecule has 0 saturated heterocycles. The number of rotatable bonds is 3. The second kappa shape index (κ2) is 7.47. The van der Waals surface area contributed by atoms with Gasteiger partial charge in [0.15, 0.2) is 0 Å². The highest BCUT2D eigenvalue weighted by Crippen LogP contribution is 2.36. The van der Waals surface area contributed by atoms with Gasteiger partial charge >= 0.3 is 0 Å². The molecule has 3 rings (SSSR count). The van der Waals surface area contributed by atoms with Gasteiger partial charge in [0.05, 0.1) is 18.0 Å². The topological polar surface area (TPSA) is 64.0 Å². The van der Waals surface area contributed by atoms with Gasteiger partial charge in [-0.05, 0) is 24.1 Å². The third-order valence-electron chi connectivity index (χ3n) is 3.62. The fraction of sp³-hybridized carbons (Fsp3) is 0.438. The summed E-state index contributed by atoms with van der Waals surface area (Å²) in [6, 6.07) is 7.64. The van der Waals surface area contributed by atoms with Crippen LogP contribution in [0.25, 0.3) is 0 Å². The zero-order chi connectivity index (χ0) is 16.6. The zero-order valence-electron chi connectivity index (χ0n) is 12.9. The first kappa shape index (κ1) is 19.3. The van der Waals surface area contributed by atoms with E-state index in [9.17, 15) is 8.42 Å². The molecule has 0 atom stereocenters. The molecule has 2 aromatic rings. The van der Waals surface area contributed by atoms with Crippen molar-refractivity contribution < 1.29 is 8.42 Å². The van der Waals surface area contributed by atoms with Crippen LogP contribution < -0.4 is 4.72 Å². The molecule has 1 aliphatic heterocycles. The maximum atomic E-state index is 11.8. The molecule has 0 saturated carbocycles. The van der Waals surface area contributed by atoms with Crippen LogP contribution in [0.3, 0.4) is 0 Å². The lowest BCUT2D eigenvalue weighted by atomic mass is 10.1. The summed E-state index contributed by atoms with van der Waals surface area (Å²) < 4.78 is 28.2. The maximum Gasteiger partial charge on any atom is 0.213 e. The van der Waals surface area contributed by atoms with Crippen LogP contribution in [0.1, 0.15) is 38.7 Å². The molecule has 1 aromatic heterocycles. The van der Waals surface area contributed by atoms with Gasteiger partial charge < -0.3 is 4.57 Å². The molecular weight excluding hydrogens is 366 g/mol. The lowest BCUT2D eigenvalue weighted by Crippen LogP contribution is -2.24. The number of halogens is 1. The minimum atomic E-state index is -3.23. The third-order valence-corrected chi connectivity index (χ3v) is 6.27. The standard InChI is InChI=1S/C15H18ClN3O2S2.CH4/c1-10(2)14-15(22-12-5-3-4-11(16)8-12)19-6-7-23(20,21)17-9-13(19)18-14;/h3-5,8,10,17H,6-7,9H2,1-2H3;1H4. The lowest BCUT2D eigenvalue weighted by Gasteiger charge is -2.11. The van der Waals surface area contributed by atoms with E-state index in [0.29, 0.717) is 11.6 Å². The van der Waals surface area contributed by atoms with Gasteiger partial charge in [0.2, 0.25) is 10.0 Å². The molecule has 1 N–H and O–H groups in total. The maximum absolute atomic E-state index is 11.8. The van der Waals surface area contributed by atoms with Crippen LogP contribution in [-0.4, -0.2) is 23.7 Å². The summed E-state index contributed by atoms with van der Waals surface area (Å²) in [6.45, 7) is 4.83. The quantitative estimate of drug-likeness (QED) is 0.867. The van der Waals surface area contributed by atoms with Crippen molar-refractivity contribution >= 4 is 33.4 Å². The van der Waals surface area contributed by atoms with Crippen molar-refractivity contribution in [2.75, 3.05) is 5.75 Å². The van der Waals surface area contributed by atoms with E-state index in [-0.39, 0.29) is 25.6 Å². The lowest BCUT2D eigenvalue weighted by molar-refractivity contribution is 0.580. The number of hydrogen-bond donors (Lipinski definition) is 1. The average Bonchev–Trinajstić information content (AvgIpc) is 2.73. The van der Waals surface area contributed by atoms with Crippen molar-refractivity contribution in [3.8, 4) is 0 Å². The zero-order valence-corrected chi connectivity index (χ0v) is 15.3. The summed E-state index contributed by atoms with van der Waals surface area (Å²) in [7, 11) is -3.23. The van der Waals surface area contributed by atoms with Gasteiger partial charge in [0.25, 0.3) is 0 Å². The summed E-state index contributed by atoms with van der Waals surface area (Å²) in [5.41, 5.74) is 0.992. The molecule has 0 amide bonds. The van der Waals surface area contributed by atoms with Gasteiger partial charge in [0, 0.05) is 16.5 Å². The predicted molar refractivity (Wildman–Crippen MR) is 99.2 cm³/mol. The highest BCUT2D eigenvalue weighted by atomic mass is 35.5. The molecule has 2 heterocycles. The van der Waals surface area contributed by atoms with Crippen LogP contribution in [0, 0.1) is 0 Å². The van der Waals surface area contributed by atoms with E-state index in [1.807, 2.05) is 28.8 Å². The minimum absolute atomic E-state index is 0. The summed E-state index contributed by atoms with van der Waals surface area (Å²) >= 11 is 7.65. The van der Waals surface area contributed by atoms with E-state index in [0.717, 1.165) is 21.4 Å². The molecule has 5 nitrogen and oxygen atoms in total. The molecule has 1 aliphatic rings. The molecule has 0 radical (unpaired) electrons. The Morgan fingerprint density at radius 1 is 1.38 bits per heavy atom. The molecular formula is C16H22ClN3O2S2. The fourth-order valence-corrected chi connectivity index (χ4v) is 4.87. The largest absolute Gasteiger partial charge is 0.321 e. The Morgan fingerprint density at radius 3 is 2.79 bits per heavy atom. The smallest absolute Gasteiger partial charge is 0.213 e. The SMILES string of the molecule is C.CC(C)c1nc2n(c1Sc1cccc(Cl)c1)CCS(=O)(=O)NC2. The number of imidazole rings is 1. The molecule has 0 fully saturated rings. The Balaban J connectivity index is 0.00000208. The first-order valence-corrected chi connectivity index (χ1v) is 10.2. The van der Waals surface area contributed by atoms with E-state index in [1.54, 1.807) is 11.8 Å². The van der Waals surface area contributed by atoms with Crippen LogP contribution in [-0.2, 0) is 23.1 Å². The normalized spacial score (nSPS) is 16.3. The first-order valence-electron chi connectivity index (χ1n) is 7.36. The Hall–Kier alpha value is -1.02. The van der Waals surface area contributed by atoms with Crippen molar-refractivity contribution in [1.82, 2.24) is 14.3 Å². The number of nitrogens with zero attached hydrogens (tertiary/aromatic N) is 2. The highest BCUT2D eigenvalue weighted by Gasteiger charge is 2.25. The number of hydrogen-bond acceptors (Lipinski definition) is 4. The van der Waals surface area contributed by atoms with E-state index >= 15 is 0 Å². The molecule has 8 heteroatoms. The van der Waals surface area contributed by atoms with Gasteiger partial charge in [-0.3, -0.25) is 0 Å². The predicted octanol–water partition coefficient (Wildman–Crippen LogP) is 3.88. The number of nitrogens with one attached hydrogen (secondary N) is 1. The molecule has 24 heavy (non-hydrogen) atoms. The van der Waals surface area contributed by atoms with Gasteiger partial charge in [0.1, 0.15) is 10.9 Å². The van der Waals surface area contributed by atoms with E-state index in [4.69, 9.17) is 11.6 Å². The van der Waals surface area contributed by atoms with Crippen molar-refractivity contribution in [2.45, 2.75) is 50.2 Å². The molecule has 1 aromatic carbocycles. The number of aromatic nitrogens is 2. The Morgan fingerprint density at radius 2 is 2.12 bits per heavy atom. The second-order valence-corrected chi connectivity index (χ2v) is 9.15. The summed E-state index contributed by atoms with van der Waals surface area (Å²) in [6.07, 6.45) is 0. The van der Waals surface area contributed by atoms with E-state index in [2.05, 4.69) is 23.6 Å². The Kier molecular flexibility index (Phi) is 6.01. The van der Waals surface area contributed by atoms with Crippen molar-refractivity contribution in [1.29, 1.82) is 0 Å². The van der Waals surface area contributed by atoms with E-state index in [1.165, 1.54) is 0 Å². The van der Waals surface area contributed by atoms with Gasteiger partial charge in [-0.1, -0.05) is 50.7 Å². The van der Waals surface area contributed by atoms with Crippen LogP contribution in [0.15, 0.2) is 34.2 Å². The Bertz CT molecular complexity index is 832. The molecule has 132 valence electrons. The second-order valence-electron chi connectivity index (χ2n) is 5.72. The van der Waals surface area contributed by atoms with Crippen LogP contribution in [0.2, 0.25) is 5.02 Å². The molecule has 0 unspecified atom stereocenters. The van der Waals surface area contributed by atoms with Crippen molar-refractivity contribution in [3.05, 3.63) is 40.8 Å². The van der Waals surface area contributed by atoms with Gasteiger partial charge in [-0.2, -0.15) is 0 Å². The first-order chi connectivity index (χ1) is 10.9. The molecule has 0 bridgehead atoms. The third kappa shape index (κ3) is 4.14.